The lowest BCUT2D eigenvalue weighted by Gasteiger charge is -2.28. The first-order valence-electron chi connectivity index (χ1n) is 6.80. The summed E-state index contributed by atoms with van der Waals surface area (Å²) >= 11 is 1.89. The first-order chi connectivity index (χ1) is 9.13. The number of anilines is 1. The van der Waals surface area contributed by atoms with E-state index < -0.39 is 0 Å². The van der Waals surface area contributed by atoms with E-state index in [4.69, 9.17) is 5.73 Å². The van der Waals surface area contributed by atoms with Gasteiger partial charge in [-0.05, 0) is 32.4 Å². The molecule has 2 unspecified atom stereocenters. The first-order valence-corrected chi connectivity index (χ1v) is 8.09. The van der Waals surface area contributed by atoms with E-state index >= 15 is 0 Å². The molecule has 1 saturated carbocycles. The third-order valence-electron chi connectivity index (χ3n) is 3.62. The Morgan fingerprint density at radius 3 is 3.05 bits per heavy atom. The van der Waals surface area contributed by atoms with E-state index in [1.165, 1.54) is 12.8 Å². The topological polar surface area (TPSA) is 72.9 Å². The first kappa shape index (κ1) is 14.2. The van der Waals surface area contributed by atoms with Crippen LogP contribution in [0.5, 0.6) is 0 Å². The molecule has 0 aliphatic heterocycles. The molecule has 2 rings (SSSR count). The van der Waals surface area contributed by atoms with Gasteiger partial charge in [0.1, 0.15) is 0 Å². The van der Waals surface area contributed by atoms with Crippen molar-refractivity contribution in [3.8, 4) is 0 Å². The number of carbonyl (C=O) groups is 1. The summed E-state index contributed by atoms with van der Waals surface area (Å²) in [5.41, 5.74) is 6.64. The van der Waals surface area contributed by atoms with Crippen molar-refractivity contribution in [1.29, 1.82) is 0 Å². The summed E-state index contributed by atoms with van der Waals surface area (Å²) in [6.07, 6.45) is 8.37. The Labute approximate surface area is 118 Å². The van der Waals surface area contributed by atoms with Crippen LogP contribution in [0.1, 0.15) is 43.1 Å². The fraction of sp³-hybridized carbons (Fsp3) is 0.692. The number of carbonyl (C=O) groups excluding carboxylic acids is 1. The lowest BCUT2D eigenvalue weighted by Crippen LogP contribution is -2.39. The summed E-state index contributed by atoms with van der Waals surface area (Å²) in [5, 5.41) is 7.93. The number of thioether (sulfide) groups is 1. The summed E-state index contributed by atoms with van der Waals surface area (Å²) in [6.45, 7) is 2.69. The molecule has 106 valence electrons. The molecule has 6 heteroatoms. The second-order valence-electron chi connectivity index (χ2n) is 4.98. The third-order valence-corrected chi connectivity index (χ3v) is 4.72. The second-order valence-corrected chi connectivity index (χ2v) is 6.12. The molecule has 5 nitrogen and oxygen atoms in total. The maximum Gasteiger partial charge on any atom is 0.274 e. The lowest BCUT2D eigenvalue weighted by atomic mass is 9.95. The Morgan fingerprint density at radius 2 is 2.42 bits per heavy atom. The summed E-state index contributed by atoms with van der Waals surface area (Å²) in [4.78, 5) is 12.2. The van der Waals surface area contributed by atoms with Crippen LogP contribution in [0.4, 0.5) is 5.69 Å². The van der Waals surface area contributed by atoms with Gasteiger partial charge in [-0.25, -0.2) is 0 Å². The number of nitrogens with one attached hydrogen (secondary N) is 1. The molecule has 19 heavy (non-hydrogen) atoms. The van der Waals surface area contributed by atoms with Crippen molar-refractivity contribution >= 4 is 23.4 Å². The standard InChI is InChI=1S/C13H22N4OS/c1-3-17-8-11(14)12(16-17)13(18)15-9-5-4-6-10(7-9)19-2/h8-10H,3-7,14H2,1-2H3,(H,15,18). The van der Waals surface area contributed by atoms with Crippen molar-refractivity contribution in [2.75, 3.05) is 12.0 Å². The normalized spacial score (nSPS) is 23.3. The molecule has 1 fully saturated rings. The van der Waals surface area contributed by atoms with Crippen molar-refractivity contribution in [3.05, 3.63) is 11.9 Å². The molecule has 0 spiro atoms. The third kappa shape index (κ3) is 3.43. The maximum atomic E-state index is 12.2. The van der Waals surface area contributed by atoms with Gasteiger partial charge < -0.3 is 11.1 Å². The van der Waals surface area contributed by atoms with E-state index in [0.29, 0.717) is 16.6 Å². The number of rotatable bonds is 4. The molecule has 1 aliphatic carbocycles. The largest absolute Gasteiger partial charge is 0.396 e. The van der Waals surface area contributed by atoms with Gasteiger partial charge in [0.25, 0.3) is 5.91 Å². The smallest absolute Gasteiger partial charge is 0.274 e. The lowest BCUT2D eigenvalue weighted by molar-refractivity contribution is 0.0923. The zero-order valence-corrected chi connectivity index (χ0v) is 12.4. The van der Waals surface area contributed by atoms with Crippen LogP contribution in [-0.4, -0.2) is 33.2 Å². The number of nitrogens with two attached hydrogens (primary N) is 1. The Balaban J connectivity index is 1.98. The Morgan fingerprint density at radius 1 is 1.63 bits per heavy atom. The average molecular weight is 282 g/mol. The van der Waals surface area contributed by atoms with Gasteiger partial charge in [0, 0.05) is 24.0 Å². The summed E-state index contributed by atoms with van der Waals surface area (Å²) in [6, 6.07) is 0.255. The van der Waals surface area contributed by atoms with E-state index in [-0.39, 0.29) is 11.9 Å². The number of aryl methyl sites for hydroxylation is 1. The highest BCUT2D eigenvalue weighted by atomic mass is 32.2. The monoisotopic (exact) mass is 282 g/mol. The molecule has 0 radical (unpaired) electrons. The highest BCUT2D eigenvalue weighted by Crippen LogP contribution is 2.27. The highest BCUT2D eigenvalue weighted by molar-refractivity contribution is 7.99. The van der Waals surface area contributed by atoms with Gasteiger partial charge in [-0.1, -0.05) is 6.42 Å². The van der Waals surface area contributed by atoms with Crippen molar-refractivity contribution in [2.45, 2.75) is 50.4 Å². The predicted molar refractivity (Wildman–Crippen MR) is 79.3 cm³/mol. The molecule has 0 aromatic carbocycles. The van der Waals surface area contributed by atoms with Gasteiger partial charge in [-0.2, -0.15) is 16.9 Å². The van der Waals surface area contributed by atoms with E-state index in [9.17, 15) is 4.79 Å². The number of hydrogen-bond donors (Lipinski definition) is 2. The highest BCUT2D eigenvalue weighted by Gasteiger charge is 2.24. The molecule has 1 aromatic heterocycles. The van der Waals surface area contributed by atoms with Gasteiger partial charge in [0.15, 0.2) is 5.69 Å². The van der Waals surface area contributed by atoms with Gasteiger partial charge in [-0.15, -0.1) is 0 Å². The van der Waals surface area contributed by atoms with E-state index in [1.807, 2.05) is 18.7 Å². The van der Waals surface area contributed by atoms with Gasteiger partial charge >= 0.3 is 0 Å². The van der Waals surface area contributed by atoms with Crippen LogP contribution < -0.4 is 11.1 Å². The molecule has 0 saturated heterocycles. The molecular weight excluding hydrogens is 260 g/mol. The van der Waals surface area contributed by atoms with Crippen LogP contribution in [-0.2, 0) is 6.54 Å². The second kappa shape index (κ2) is 6.32. The predicted octanol–water partition coefficient (Wildman–Crippen LogP) is 1.89. The van der Waals surface area contributed by atoms with Crippen molar-refractivity contribution in [2.24, 2.45) is 0 Å². The van der Waals surface area contributed by atoms with Crippen LogP contribution in [0.25, 0.3) is 0 Å². The Bertz CT molecular complexity index is 446. The van der Waals surface area contributed by atoms with Gasteiger partial charge in [0.05, 0.1) is 5.69 Å². The van der Waals surface area contributed by atoms with E-state index in [0.717, 1.165) is 19.4 Å². The zero-order valence-electron chi connectivity index (χ0n) is 11.6. The minimum absolute atomic E-state index is 0.142. The molecular formula is C13H22N4OS. The molecule has 2 atom stereocenters. The van der Waals surface area contributed by atoms with Crippen LogP contribution >= 0.6 is 11.8 Å². The minimum atomic E-state index is -0.142. The number of amides is 1. The minimum Gasteiger partial charge on any atom is -0.396 e. The number of hydrogen-bond acceptors (Lipinski definition) is 4. The number of nitrogen functional groups attached to an aromatic ring is 1. The summed E-state index contributed by atoms with van der Waals surface area (Å²) in [7, 11) is 0. The van der Waals surface area contributed by atoms with Gasteiger partial charge in [-0.3, -0.25) is 9.48 Å². The van der Waals surface area contributed by atoms with Crippen molar-refractivity contribution < 1.29 is 4.79 Å². The quantitative estimate of drug-likeness (QED) is 0.884. The maximum absolute atomic E-state index is 12.2. The molecule has 3 N–H and O–H groups in total. The SMILES string of the molecule is CCn1cc(N)c(C(=O)NC2CCCC(SC)C2)n1. The van der Waals surface area contributed by atoms with Crippen LogP contribution in [0, 0.1) is 0 Å². The average Bonchev–Trinajstić information content (AvgIpc) is 2.80. The number of nitrogens with zero attached hydrogens (tertiary/aromatic N) is 2. The van der Waals surface area contributed by atoms with Crippen LogP contribution in [0.2, 0.25) is 0 Å². The van der Waals surface area contributed by atoms with Crippen molar-refractivity contribution in [1.82, 2.24) is 15.1 Å². The van der Waals surface area contributed by atoms with E-state index in [1.54, 1.807) is 10.9 Å². The van der Waals surface area contributed by atoms with Crippen LogP contribution in [0.15, 0.2) is 6.20 Å². The summed E-state index contributed by atoms with van der Waals surface area (Å²) < 4.78 is 1.69. The molecule has 0 bridgehead atoms. The Kier molecular flexibility index (Phi) is 4.74. The fourth-order valence-corrected chi connectivity index (χ4v) is 3.35. The van der Waals surface area contributed by atoms with Crippen LogP contribution in [0.3, 0.4) is 0 Å². The molecule has 1 aliphatic rings. The zero-order chi connectivity index (χ0) is 13.8. The summed E-state index contributed by atoms with van der Waals surface area (Å²) in [5.74, 6) is -0.142. The molecule has 1 heterocycles. The molecule has 1 amide bonds. The van der Waals surface area contributed by atoms with Gasteiger partial charge in [0.2, 0.25) is 0 Å². The molecule has 1 aromatic rings. The Hall–Kier alpha value is -1.17. The van der Waals surface area contributed by atoms with Crippen molar-refractivity contribution in [3.63, 3.8) is 0 Å². The number of aromatic nitrogens is 2. The van der Waals surface area contributed by atoms with E-state index in [2.05, 4.69) is 16.7 Å². The fourth-order valence-electron chi connectivity index (χ4n) is 2.52.